The molecule has 3 nitrogen and oxygen atoms in total. The average molecular weight is 214 g/mol. The number of hydrogen-bond donors (Lipinski definition) is 1. The molecule has 0 saturated carbocycles. The summed E-state index contributed by atoms with van der Waals surface area (Å²) in [6, 6.07) is 0.961. The van der Waals surface area contributed by atoms with Crippen LogP contribution in [-0.2, 0) is 0 Å². The molecule has 1 aliphatic heterocycles. The molecule has 0 aromatic rings. The van der Waals surface area contributed by atoms with Crippen molar-refractivity contribution in [3.63, 3.8) is 0 Å². The van der Waals surface area contributed by atoms with Crippen molar-refractivity contribution in [2.75, 3.05) is 26.2 Å². The van der Waals surface area contributed by atoms with Crippen LogP contribution < -0.4 is 0 Å². The highest BCUT2D eigenvalue weighted by Crippen LogP contribution is 2.12. The van der Waals surface area contributed by atoms with Crippen LogP contribution in [0.15, 0.2) is 0 Å². The molecule has 90 valence electrons. The molecule has 1 saturated heterocycles. The zero-order chi connectivity index (χ0) is 11.4. The molecule has 0 amide bonds. The van der Waals surface area contributed by atoms with E-state index in [1.807, 2.05) is 6.92 Å². The fraction of sp³-hybridized carbons (Fsp3) is 1.00. The predicted molar refractivity (Wildman–Crippen MR) is 64.0 cm³/mol. The van der Waals surface area contributed by atoms with Crippen molar-refractivity contribution in [2.24, 2.45) is 0 Å². The normalized spacial score (nSPS) is 24.4. The second kappa shape index (κ2) is 5.83. The fourth-order valence-electron chi connectivity index (χ4n) is 2.25. The predicted octanol–water partition coefficient (Wildman–Crippen LogP) is 1.17. The summed E-state index contributed by atoms with van der Waals surface area (Å²) in [4.78, 5) is 4.91. The molecule has 0 spiro atoms. The minimum atomic E-state index is -0.171. The van der Waals surface area contributed by atoms with E-state index in [4.69, 9.17) is 0 Å². The molecule has 3 heteroatoms. The lowest BCUT2D eigenvalue weighted by Crippen LogP contribution is -2.53. The summed E-state index contributed by atoms with van der Waals surface area (Å²) in [5.41, 5.74) is 0. The van der Waals surface area contributed by atoms with Gasteiger partial charge in [-0.1, -0.05) is 6.92 Å². The molecule has 0 aromatic heterocycles. The highest BCUT2D eigenvalue weighted by Gasteiger charge is 2.25. The van der Waals surface area contributed by atoms with Crippen molar-refractivity contribution in [3.05, 3.63) is 0 Å². The van der Waals surface area contributed by atoms with Gasteiger partial charge in [-0.3, -0.25) is 9.80 Å². The van der Waals surface area contributed by atoms with Crippen LogP contribution in [-0.4, -0.2) is 59.3 Å². The van der Waals surface area contributed by atoms with Gasteiger partial charge in [-0.15, -0.1) is 0 Å². The van der Waals surface area contributed by atoms with Gasteiger partial charge in [0, 0.05) is 38.3 Å². The Balaban J connectivity index is 2.36. The quantitative estimate of drug-likeness (QED) is 0.761. The van der Waals surface area contributed by atoms with Crippen molar-refractivity contribution in [2.45, 2.75) is 52.3 Å². The van der Waals surface area contributed by atoms with Crippen molar-refractivity contribution in [3.8, 4) is 0 Å². The monoisotopic (exact) mass is 214 g/mol. The van der Waals surface area contributed by atoms with Crippen LogP contribution in [0.3, 0.4) is 0 Å². The smallest absolute Gasteiger partial charge is 0.0690 e. The van der Waals surface area contributed by atoms with Gasteiger partial charge < -0.3 is 5.11 Å². The molecule has 15 heavy (non-hydrogen) atoms. The van der Waals surface area contributed by atoms with Crippen LogP contribution in [0, 0.1) is 0 Å². The maximum atomic E-state index is 9.80. The summed E-state index contributed by atoms with van der Waals surface area (Å²) in [6.07, 6.45) is 0.682. The lowest BCUT2D eigenvalue weighted by Gasteiger charge is -2.41. The van der Waals surface area contributed by atoms with Gasteiger partial charge in [0.1, 0.15) is 0 Å². The van der Waals surface area contributed by atoms with Crippen LogP contribution >= 0.6 is 0 Å². The Bertz CT molecular complexity index is 176. The third-order valence-electron chi connectivity index (χ3n) is 3.63. The average Bonchev–Trinajstić information content (AvgIpc) is 2.27. The van der Waals surface area contributed by atoms with Crippen LogP contribution in [0.5, 0.6) is 0 Å². The third-order valence-corrected chi connectivity index (χ3v) is 3.63. The van der Waals surface area contributed by atoms with Gasteiger partial charge in [0.15, 0.2) is 0 Å². The first-order valence-electron chi connectivity index (χ1n) is 6.22. The van der Waals surface area contributed by atoms with E-state index in [0.717, 1.165) is 32.6 Å². The molecule has 1 fully saturated rings. The standard InChI is InChI=1S/C12H26N2O/c1-5-12(15)11(4)14-8-6-13(7-9-14)10(2)3/h10-12,15H,5-9H2,1-4H3. The first kappa shape index (κ1) is 12.9. The topological polar surface area (TPSA) is 26.7 Å². The molecule has 1 aliphatic rings. The number of hydrogen-bond acceptors (Lipinski definition) is 3. The van der Waals surface area contributed by atoms with Gasteiger partial charge in [0.2, 0.25) is 0 Å². The number of aliphatic hydroxyl groups excluding tert-OH is 1. The van der Waals surface area contributed by atoms with Gasteiger partial charge >= 0.3 is 0 Å². The van der Waals surface area contributed by atoms with E-state index in [2.05, 4.69) is 30.6 Å². The van der Waals surface area contributed by atoms with Crippen molar-refractivity contribution < 1.29 is 5.11 Å². The number of rotatable bonds is 4. The zero-order valence-electron chi connectivity index (χ0n) is 10.6. The second-order valence-corrected chi connectivity index (χ2v) is 4.88. The highest BCUT2D eigenvalue weighted by atomic mass is 16.3. The van der Waals surface area contributed by atoms with E-state index >= 15 is 0 Å². The molecule has 0 bridgehead atoms. The molecule has 1 heterocycles. The van der Waals surface area contributed by atoms with E-state index < -0.39 is 0 Å². The van der Waals surface area contributed by atoms with Crippen molar-refractivity contribution >= 4 is 0 Å². The molecule has 2 atom stereocenters. The molecule has 0 aliphatic carbocycles. The van der Waals surface area contributed by atoms with Gasteiger partial charge in [0.05, 0.1) is 6.10 Å². The maximum Gasteiger partial charge on any atom is 0.0690 e. The molecular formula is C12H26N2O. The molecule has 1 rings (SSSR count). The lowest BCUT2D eigenvalue weighted by molar-refractivity contribution is 0.0189. The van der Waals surface area contributed by atoms with Crippen LogP contribution in [0.25, 0.3) is 0 Å². The van der Waals surface area contributed by atoms with Crippen LogP contribution in [0.2, 0.25) is 0 Å². The Labute approximate surface area is 94.1 Å². The summed E-state index contributed by atoms with van der Waals surface area (Å²) in [6.45, 7) is 13.1. The van der Waals surface area contributed by atoms with E-state index in [1.165, 1.54) is 0 Å². The number of nitrogens with zero attached hydrogens (tertiary/aromatic N) is 2. The largest absolute Gasteiger partial charge is 0.392 e. The minimum Gasteiger partial charge on any atom is -0.392 e. The summed E-state index contributed by atoms with van der Waals surface area (Å²) < 4.78 is 0. The third kappa shape index (κ3) is 3.44. The molecule has 0 aromatic carbocycles. The van der Waals surface area contributed by atoms with Crippen molar-refractivity contribution in [1.82, 2.24) is 9.80 Å². The van der Waals surface area contributed by atoms with Crippen LogP contribution in [0.1, 0.15) is 34.1 Å². The van der Waals surface area contributed by atoms with Crippen molar-refractivity contribution in [1.29, 1.82) is 0 Å². The van der Waals surface area contributed by atoms with Gasteiger partial charge in [-0.2, -0.15) is 0 Å². The number of piperazine rings is 1. The number of aliphatic hydroxyl groups is 1. The Morgan fingerprint density at radius 2 is 1.47 bits per heavy atom. The fourth-order valence-corrected chi connectivity index (χ4v) is 2.25. The summed E-state index contributed by atoms with van der Waals surface area (Å²) in [7, 11) is 0. The Morgan fingerprint density at radius 3 is 1.87 bits per heavy atom. The maximum absolute atomic E-state index is 9.80. The Kier molecular flexibility index (Phi) is 5.03. The molecule has 0 radical (unpaired) electrons. The summed E-state index contributed by atoms with van der Waals surface area (Å²) in [5, 5.41) is 9.80. The second-order valence-electron chi connectivity index (χ2n) is 4.88. The van der Waals surface area contributed by atoms with Gasteiger partial charge in [-0.25, -0.2) is 0 Å². The Morgan fingerprint density at radius 1 is 1.00 bits per heavy atom. The van der Waals surface area contributed by atoms with Crippen LogP contribution in [0.4, 0.5) is 0 Å². The molecular weight excluding hydrogens is 188 g/mol. The first-order valence-corrected chi connectivity index (χ1v) is 6.22. The van der Waals surface area contributed by atoms with E-state index in [0.29, 0.717) is 12.1 Å². The van der Waals surface area contributed by atoms with Gasteiger partial charge in [-0.05, 0) is 27.2 Å². The highest BCUT2D eigenvalue weighted by molar-refractivity contribution is 4.80. The minimum absolute atomic E-state index is 0.171. The first-order chi connectivity index (χ1) is 7.06. The SMILES string of the molecule is CCC(O)C(C)N1CCN(C(C)C)CC1. The van der Waals surface area contributed by atoms with E-state index in [9.17, 15) is 5.11 Å². The Hall–Kier alpha value is -0.120. The lowest BCUT2D eigenvalue weighted by atomic mass is 10.1. The molecule has 2 unspecified atom stereocenters. The molecule has 1 N–H and O–H groups in total. The van der Waals surface area contributed by atoms with Gasteiger partial charge in [0.25, 0.3) is 0 Å². The summed E-state index contributed by atoms with van der Waals surface area (Å²) in [5.74, 6) is 0. The zero-order valence-corrected chi connectivity index (χ0v) is 10.6. The summed E-state index contributed by atoms with van der Waals surface area (Å²) >= 11 is 0. The van der Waals surface area contributed by atoms with E-state index in [1.54, 1.807) is 0 Å². The van der Waals surface area contributed by atoms with E-state index in [-0.39, 0.29) is 6.10 Å².